The summed E-state index contributed by atoms with van der Waals surface area (Å²) >= 11 is 5.84. The van der Waals surface area contributed by atoms with Crippen molar-refractivity contribution in [3.63, 3.8) is 0 Å². The smallest absolute Gasteiger partial charge is 0.343 e. The van der Waals surface area contributed by atoms with E-state index in [-0.39, 0.29) is 11.7 Å². The average molecular weight is 467 g/mol. The molecule has 0 saturated carbocycles. The van der Waals surface area contributed by atoms with Crippen molar-refractivity contribution in [2.24, 2.45) is 5.10 Å². The molecule has 7 nitrogen and oxygen atoms in total. The Kier molecular flexibility index (Phi) is 8.43. The summed E-state index contributed by atoms with van der Waals surface area (Å²) in [7, 11) is 1.46. The molecule has 0 radical (unpaired) electrons. The van der Waals surface area contributed by atoms with E-state index in [1.807, 2.05) is 6.92 Å². The third-order valence-electron chi connectivity index (χ3n) is 4.44. The van der Waals surface area contributed by atoms with Gasteiger partial charge in [0.05, 0.1) is 25.5 Å². The summed E-state index contributed by atoms with van der Waals surface area (Å²) < 4.78 is 16.2. The molecular formula is C25H23ClN2O5. The van der Waals surface area contributed by atoms with Gasteiger partial charge in [-0.2, -0.15) is 5.10 Å². The van der Waals surface area contributed by atoms with E-state index in [4.69, 9.17) is 25.8 Å². The Bertz CT molecular complexity index is 1130. The topological polar surface area (TPSA) is 86.2 Å². The zero-order valence-electron chi connectivity index (χ0n) is 18.2. The Morgan fingerprint density at radius 1 is 0.970 bits per heavy atom. The number of hydrazone groups is 1. The second-order valence-corrected chi connectivity index (χ2v) is 7.32. The van der Waals surface area contributed by atoms with Crippen molar-refractivity contribution in [1.29, 1.82) is 0 Å². The van der Waals surface area contributed by atoms with E-state index >= 15 is 0 Å². The minimum absolute atomic E-state index is 0.254. The first kappa shape index (κ1) is 23.8. The average Bonchev–Trinajstić information content (AvgIpc) is 2.84. The lowest BCUT2D eigenvalue weighted by Crippen LogP contribution is -2.17. The van der Waals surface area contributed by atoms with Crippen LogP contribution in [-0.2, 0) is 0 Å². The summed E-state index contributed by atoms with van der Waals surface area (Å²) in [5, 5.41) is 4.51. The van der Waals surface area contributed by atoms with Gasteiger partial charge in [-0.3, -0.25) is 4.79 Å². The van der Waals surface area contributed by atoms with Gasteiger partial charge in [-0.05, 0) is 78.7 Å². The molecule has 0 atom stereocenters. The molecule has 3 aromatic carbocycles. The van der Waals surface area contributed by atoms with Crippen LogP contribution >= 0.6 is 11.6 Å². The van der Waals surface area contributed by atoms with Crippen molar-refractivity contribution < 1.29 is 23.8 Å². The molecule has 33 heavy (non-hydrogen) atoms. The molecule has 0 fully saturated rings. The number of amides is 1. The van der Waals surface area contributed by atoms with Crippen molar-refractivity contribution in [2.45, 2.75) is 13.3 Å². The fraction of sp³-hybridized carbons (Fsp3) is 0.160. The molecule has 170 valence electrons. The maximum Gasteiger partial charge on any atom is 0.343 e. The Balaban J connectivity index is 1.61. The number of hydrogen-bond acceptors (Lipinski definition) is 6. The number of ether oxygens (including phenoxy) is 3. The van der Waals surface area contributed by atoms with E-state index < -0.39 is 5.97 Å². The summed E-state index contributed by atoms with van der Waals surface area (Å²) in [6, 6.07) is 18.1. The number of nitrogens with one attached hydrogen (secondary N) is 1. The van der Waals surface area contributed by atoms with Crippen LogP contribution in [0.25, 0.3) is 0 Å². The number of carbonyl (C=O) groups excluding carboxylic acids is 2. The van der Waals surface area contributed by atoms with E-state index in [2.05, 4.69) is 10.5 Å². The predicted octanol–water partition coefficient (Wildman–Crippen LogP) is 5.12. The number of halogens is 1. The van der Waals surface area contributed by atoms with Crippen LogP contribution in [0.5, 0.6) is 17.2 Å². The SMILES string of the molecule is CCCOc1ccc(C(=O)N/N=C\c2ccc(OC(=O)c3ccc(Cl)cc3)c(OC)c2)cc1. The first-order valence-corrected chi connectivity index (χ1v) is 10.6. The van der Waals surface area contributed by atoms with Crippen LogP contribution in [0.2, 0.25) is 5.02 Å². The number of methoxy groups -OCH3 is 1. The summed E-state index contributed by atoms with van der Waals surface area (Å²) in [4.78, 5) is 24.6. The predicted molar refractivity (Wildman–Crippen MR) is 127 cm³/mol. The van der Waals surface area contributed by atoms with Crippen LogP contribution in [0.4, 0.5) is 0 Å². The molecule has 0 spiro atoms. The van der Waals surface area contributed by atoms with Gasteiger partial charge in [-0.15, -0.1) is 0 Å². The minimum atomic E-state index is -0.537. The largest absolute Gasteiger partial charge is 0.494 e. The summed E-state index contributed by atoms with van der Waals surface area (Å²) in [5.74, 6) is 0.415. The molecule has 0 saturated heterocycles. The van der Waals surface area contributed by atoms with Crippen LogP contribution in [0, 0.1) is 0 Å². The first-order chi connectivity index (χ1) is 16.0. The third-order valence-corrected chi connectivity index (χ3v) is 4.69. The minimum Gasteiger partial charge on any atom is -0.494 e. The van der Waals surface area contributed by atoms with Gasteiger partial charge in [0.25, 0.3) is 5.91 Å². The highest BCUT2D eigenvalue weighted by atomic mass is 35.5. The number of esters is 1. The maximum absolute atomic E-state index is 12.3. The fourth-order valence-corrected chi connectivity index (χ4v) is 2.87. The second kappa shape index (κ2) is 11.7. The molecule has 0 aliphatic heterocycles. The van der Waals surface area contributed by atoms with Crippen LogP contribution in [0.15, 0.2) is 71.8 Å². The quantitative estimate of drug-likeness (QED) is 0.205. The van der Waals surface area contributed by atoms with Crippen molar-refractivity contribution >= 4 is 29.7 Å². The van der Waals surface area contributed by atoms with Gasteiger partial charge in [0.15, 0.2) is 11.5 Å². The highest BCUT2D eigenvalue weighted by molar-refractivity contribution is 6.30. The Morgan fingerprint density at radius 3 is 2.33 bits per heavy atom. The molecule has 0 unspecified atom stereocenters. The summed E-state index contributed by atoms with van der Waals surface area (Å²) in [6.45, 7) is 2.65. The van der Waals surface area contributed by atoms with Gasteiger partial charge < -0.3 is 14.2 Å². The van der Waals surface area contributed by atoms with Crippen LogP contribution in [0.1, 0.15) is 39.6 Å². The molecule has 0 aromatic heterocycles. The van der Waals surface area contributed by atoms with Crippen molar-refractivity contribution in [3.8, 4) is 17.2 Å². The van der Waals surface area contributed by atoms with Crippen molar-refractivity contribution in [2.75, 3.05) is 13.7 Å². The van der Waals surface area contributed by atoms with Gasteiger partial charge in [0.2, 0.25) is 0 Å². The van der Waals surface area contributed by atoms with Crippen molar-refractivity contribution in [3.05, 3.63) is 88.4 Å². The molecule has 0 heterocycles. The van der Waals surface area contributed by atoms with E-state index in [1.54, 1.807) is 66.7 Å². The normalized spacial score (nSPS) is 10.6. The number of hydrogen-bond donors (Lipinski definition) is 1. The third kappa shape index (κ3) is 6.82. The van der Waals surface area contributed by atoms with E-state index in [0.717, 1.165) is 6.42 Å². The highest BCUT2D eigenvalue weighted by Crippen LogP contribution is 2.28. The Labute approximate surface area is 196 Å². The van der Waals surface area contributed by atoms with Gasteiger partial charge in [-0.25, -0.2) is 10.2 Å². The molecule has 0 aliphatic rings. The van der Waals surface area contributed by atoms with Gasteiger partial charge in [0, 0.05) is 10.6 Å². The van der Waals surface area contributed by atoms with Gasteiger partial charge in [-0.1, -0.05) is 18.5 Å². The van der Waals surface area contributed by atoms with E-state index in [1.165, 1.54) is 13.3 Å². The molecule has 3 rings (SSSR count). The van der Waals surface area contributed by atoms with Gasteiger partial charge >= 0.3 is 5.97 Å². The summed E-state index contributed by atoms with van der Waals surface area (Å²) in [5.41, 5.74) is 3.93. The van der Waals surface area contributed by atoms with Crippen molar-refractivity contribution in [1.82, 2.24) is 5.43 Å². The lowest BCUT2D eigenvalue weighted by atomic mass is 10.2. The van der Waals surface area contributed by atoms with Crippen LogP contribution < -0.4 is 19.6 Å². The van der Waals surface area contributed by atoms with E-state index in [9.17, 15) is 9.59 Å². The zero-order valence-corrected chi connectivity index (χ0v) is 19.0. The molecule has 1 amide bonds. The molecule has 1 N–H and O–H groups in total. The standard InChI is InChI=1S/C25H23ClN2O5/c1-3-14-32-21-11-7-18(8-12-21)24(29)28-27-16-17-4-13-22(23(15-17)31-2)33-25(30)19-5-9-20(26)10-6-19/h4-13,15-16H,3,14H2,1-2H3,(H,28,29)/b27-16-. The number of rotatable bonds is 9. The molecule has 8 heteroatoms. The zero-order chi connectivity index (χ0) is 23.6. The number of nitrogens with zero attached hydrogens (tertiary/aromatic N) is 1. The molecule has 0 aliphatic carbocycles. The molecule has 0 bridgehead atoms. The molecular weight excluding hydrogens is 444 g/mol. The Hall–Kier alpha value is -3.84. The second-order valence-electron chi connectivity index (χ2n) is 6.88. The fourth-order valence-electron chi connectivity index (χ4n) is 2.75. The number of carbonyl (C=O) groups is 2. The summed E-state index contributed by atoms with van der Waals surface area (Å²) in [6.07, 6.45) is 2.37. The monoisotopic (exact) mass is 466 g/mol. The Morgan fingerprint density at radius 2 is 1.67 bits per heavy atom. The maximum atomic E-state index is 12.3. The van der Waals surface area contributed by atoms with Gasteiger partial charge in [0.1, 0.15) is 5.75 Å². The van der Waals surface area contributed by atoms with E-state index in [0.29, 0.717) is 39.8 Å². The highest BCUT2D eigenvalue weighted by Gasteiger charge is 2.13. The molecule has 3 aromatic rings. The first-order valence-electron chi connectivity index (χ1n) is 10.2. The number of benzene rings is 3. The lowest BCUT2D eigenvalue weighted by Gasteiger charge is -2.10. The lowest BCUT2D eigenvalue weighted by molar-refractivity contribution is 0.0729. The van der Waals surface area contributed by atoms with Crippen LogP contribution in [-0.4, -0.2) is 31.8 Å². The van der Waals surface area contributed by atoms with Crippen LogP contribution in [0.3, 0.4) is 0 Å².